The summed E-state index contributed by atoms with van der Waals surface area (Å²) in [7, 11) is 0. The second kappa shape index (κ2) is 8.07. The van der Waals surface area contributed by atoms with Crippen LogP contribution in [0.3, 0.4) is 0 Å². The number of furan rings is 1. The second-order valence-electron chi connectivity index (χ2n) is 6.32. The van der Waals surface area contributed by atoms with E-state index in [-0.39, 0.29) is 24.6 Å². The highest BCUT2D eigenvalue weighted by Crippen LogP contribution is 2.25. The largest absolute Gasteiger partial charge is 0.466 e. The highest BCUT2D eigenvalue weighted by Gasteiger charge is 2.36. The molecule has 0 saturated heterocycles. The molecule has 27 heavy (non-hydrogen) atoms. The van der Waals surface area contributed by atoms with Gasteiger partial charge in [0.25, 0.3) is 0 Å². The number of rotatable bonds is 6. The van der Waals surface area contributed by atoms with E-state index in [0.29, 0.717) is 6.54 Å². The lowest BCUT2D eigenvalue weighted by molar-refractivity contribution is -0.135. The van der Waals surface area contributed by atoms with Crippen molar-refractivity contribution in [1.29, 1.82) is 0 Å². The van der Waals surface area contributed by atoms with E-state index in [9.17, 15) is 9.59 Å². The molecule has 3 rings (SSSR count). The Morgan fingerprint density at radius 1 is 1.30 bits per heavy atom. The number of carbonyl (C=O) groups excluding carboxylic acids is 2. The molecule has 0 radical (unpaired) electrons. The van der Waals surface area contributed by atoms with Crippen LogP contribution in [0.5, 0.6) is 0 Å². The molecule has 2 heterocycles. The van der Waals surface area contributed by atoms with Crippen LogP contribution < -0.4 is 10.3 Å². The van der Waals surface area contributed by atoms with Crippen molar-refractivity contribution in [3.8, 4) is 0 Å². The van der Waals surface area contributed by atoms with E-state index in [2.05, 4.69) is 10.4 Å². The van der Waals surface area contributed by atoms with Crippen LogP contribution in [-0.4, -0.2) is 30.2 Å². The Balaban J connectivity index is 1.76. The molecule has 142 valence electrons. The van der Waals surface area contributed by atoms with Crippen molar-refractivity contribution >= 4 is 23.3 Å². The molecule has 1 aromatic heterocycles. The first-order valence-corrected chi connectivity index (χ1v) is 8.92. The van der Waals surface area contributed by atoms with Crippen molar-refractivity contribution in [3.63, 3.8) is 0 Å². The minimum absolute atomic E-state index is 0.197. The molecule has 7 heteroatoms. The summed E-state index contributed by atoms with van der Waals surface area (Å²) in [6, 6.07) is 10.6. The maximum Gasteiger partial charge on any atom is 0.354 e. The van der Waals surface area contributed by atoms with Crippen LogP contribution in [0, 0.1) is 13.8 Å². The van der Waals surface area contributed by atoms with Crippen molar-refractivity contribution in [2.45, 2.75) is 39.8 Å². The summed E-state index contributed by atoms with van der Waals surface area (Å²) >= 11 is 0. The third kappa shape index (κ3) is 4.19. The fraction of sp³-hybridized carbons (Fsp3) is 0.350. The third-order valence-corrected chi connectivity index (χ3v) is 4.34. The average Bonchev–Trinajstić information content (AvgIpc) is 3.24. The molecule has 1 atom stereocenters. The van der Waals surface area contributed by atoms with Gasteiger partial charge in [0.05, 0.1) is 12.3 Å². The van der Waals surface area contributed by atoms with E-state index in [1.807, 2.05) is 50.2 Å². The lowest BCUT2D eigenvalue weighted by Gasteiger charge is -2.22. The lowest BCUT2D eigenvalue weighted by Crippen LogP contribution is -2.42. The first-order valence-electron chi connectivity index (χ1n) is 8.92. The number of anilines is 1. The maximum absolute atomic E-state index is 12.8. The van der Waals surface area contributed by atoms with Gasteiger partial charge < -0.3 is 14.5 Å². The molecule has 0 bridgehead atoms. The Kier molecular flexibility index (Phi) is 5.59. The van der Waals surface area contributed by atoms with E-state index in [1.165, 1.54) is 0 Å². The smallest absolute Gasteiger partial charge is 0.354 e. The Morgan fingerprint density at radius 3 is 2.67 bits per heavy atom. The summed E-state index contributed by atoms with van der Waals surface area (Å²) in [6.45, 7) is 6.09. The van der Waals surface area contributed by atoms with Crippen LogP contribution in [0.2, 0.25) is 0 Å². The van der Waals surface area contributed by atoms with Crippen molar-refractivity contribution in [3.05, 3.63) is 53.5 Å². The Labute approximate surface area is 158 Å². The number of hydrogen-bond donors (Lipinski definition) is 1. The summed E-state index contributed by atoms with van der Waals surface area (Å²) in [6.07, 6.45) is 0.197. The van der Waals surface area contributed by atoms with E-state index >= 15 is 0 Å². The number of hydrogen-bond acceptors (Lipinski definition) is 6. The molecule has 7 nitrogen and oxygen atoms in total. The van der Waals surface area contributed by atoms with Crippen molar-refractivity contribution in [2.75, 3.05) is 11.6 Å². The number of amides is 1. The molecule has 1 aliphatic heterocycles. The van der Waals surface area contributed by atoms with E-state index in [1.54, 1.807) is 11.9 Å². The highest BCUT2D eigenvalue weighted by molar-refractivity contribution is 6.38. The fourth-order valence-corrected chi connectivity index (χ4v) is 3.03. The molecule has 2 aromatic rings. The molecule has 1 aromatic carbocycles. The number of benzene rings is 1. The van der Waals surface area contributed by atoms with Gasteiger partial charge >= 0.3 is 5.97 Å². The quantitative estimate of drug-likeness (QED) is 0.792. The first kappa shape index (κ1) is 18.7. The zero-order chi connectivity index (χ0) is 19.4. The minimum atomic E-state index is -0.611. The number of esters is 1. The second-order valence-corrected chi connectivity index (χ2v) is 6.32. The van der Waals surface area contributed by atoms with Crippen LogP contribution in [-0.2, 0) is 20.9 Å². The highest BCUT2D eigenvalue weighted by atomic mass is 16.5. The number of aryl methyl sites for hydroxylation is 2. The molecule has 1 N–H and O–H groups in total. The number of carbonyl (C=O) groups is 2. The van der Waals surface area contributed by atoms with Gasteiger partial charge in [0, 0.05) is 18.5 Å². The van der Waals surface area contributed by atoms with Gasteiger partial charge in [0.2, 0.25) is 5.91 Å². The average molecular weight is 369 g/mol. The molecule has 1 unspecified atom stereocenters. The van der Waals surface area contributed by atoms with Gasteiger partial charge in [-0.1, -0.05) is 18.2 Å². The summed E-state index contributed by atoms with van der Waals surface area (Å²) in [5, 5.41) is 8.85. The Hall–Kier alpha value is -3.09. The Bertz CT molecular complexity index is 857. The summed E-state index contributed by atoms with van der Waals surface area (Å²) in [5.41, 5.74) is 1.92. The van der Waals surface area contributed by atoms with Crippen LogP contribution in [0.4, 0.5) is 5.69 Å². The molecule has 1 amide bonds. The molecule has 0 aliphatic carbocycles. The molecule has 0 spiro atoms. The zero-order valence-electron chi connectivity index (χ0n) is 15.7. The number of para-hydroxylation sites is 1. The predicted molar refractivity (Wildman–Crippen MR) is 101 cm³/mol. The number of hydrazone groups is 1. The van der Waals surface area contributed by atoms with E-state index < -0.39 is 12.0 Å². The van der Waals surface area contributed by atoms with E-state index in [4.69, 9.17) is 9.15 Å². The van der Waals surface area contributed by atoms with Crippen LogP contribution in [0.25, 0.3) is 0 Å². The van der Waals surface area contributed by atoms with Crippen molar-refractivity contribution in [1.82, 2.24) is 5.32 Å². The van der Waals surface area contributed by atoms with Gasteiger partial charge in [-0.05, 0) is 39.0 Å². The summed E-state index contributed by atoms with van der Waals surface area (Å²) < 4.78 is 10.5. The van der Waals surface area contributed by atoms with Gasteiger partial charge in [0.15, 0.2) is 0 Å². The van der Waals surface area contributed by atoms with Crippen molar-refractivity contribution in [2.24, 2.45) is 5.10 Å². The fourth-order valence-electron chi connectivity index (χ4n) is 3.03. The van der Waals surface area contributed by atoms with Crippen LogP contribution in [0.1, 0.15) is 30.4 Å². The Morgan fingerprint density at radius 2 is 2.04 bits per heavy atom. The molecule has 0 fully saturated rings. The lowest BCUT2D eigenvalue weighted by atomic mass is 10.1. The van der Waals surface area contributed by atoms with Crippen LogP contribution in [0.15, 0.2) is 45.9 Å². The molecular formula is C20H23N3O4. The van der Waals surface area contributed by atoms with Crippen LogP contribution >= 0.6 is 0 Å². The predicted octanol–water partition coefficient (Wildman–Crippen LogP) is 2.71. The third-order valence-electron chi connectivity index (χ3n) is 4.34. The molecular weight excluding hydrogens is 346 g/mol. The summed E-state index contributed by atoms with van der Waals surface area (Å²) in [4.78, 5) is 24.9. The zero-order valence-corrected chi connectivity index (χ0v) is 15.7. The number of nitrogens with one attached hydrogen (secondary N) is 1. The number of nitrogens with zero attached hydrogens (tertiary/aromatic N) is 2. The first-order chi connectivity index (χ1) is 13.0. The van der Waals surface area contributed by atoms with Crippen molar-refractivity contribution < 1.29 is 18.7 Å². The number of ether oxygens (including phenoxy) is 1. The maximum atomic E-state index is 12.8. The topological polar surface area (TPSA) is 84.1 Å². The minimum Gasteiger partial charge on any atom is -0.466 e. The normalized spacial score (nSPS) is 16.2. The van der Waals surface area contributed by atoms with Gasteiger partial charge in [-0.2, -0.15) is 5.10 Å². The van der Waals surface area contributed by atoms with Gasteiger partial charge in [0.1, 0.15) is 23.3 Å². The van der Waals surface area contributed by atoms with Gasteiger partial charge in [-0.25, -0.2) is 4.79 Å². The summed E-state index contributed by atoms with van der Waals surface area (Å²) in [5.74, 6) is 0.884. The monoisotopic (exact) mass is 369 g/mol. The van der Waals surface area contributed by atoms with E-state index in [0.717, 1.165) is 22.8 Å². The van der Waals surface area contributed by atoms with Gasteiger partial charge in [-0.3, -0.25) is 9.80 Å². The SMILES string of the molecule is CCOC(=O)C1=NN(c2ccccc2)C(C(=O)NCc2cc(C)oc2C)C1. The van der Waals surface area contributed by atoms with Gasteiger partial charge in [-0.15, -0.1) is 0 Å². The molecule has 0 saturated carbocycles. The standard InChI is InChI=1S/C20H23N3O4/c1-4-26-20(25)17-11-18(23(22-17)16-8-6-5-7-9-16)19(24)21-12-15-10-13(2)27-14(15)3/h5-10,18H,4,11-12H2,1-3H3,(H,21,24). The molecule has 1 aliphatic rings.